The zero-order valence-corrected chi connectivity index (χ0v) is 15.2. The van der Waals surface area contributed by atoms with Crippen molar-refractivity contribution in [3.05, 3.63) is 40.5 Å². The highest BCUT2D eigenvalue weighted by Gasteiger charge is 2.32. The molecule has 0 spiro atoms. The maximum Gasteiger partial charge on any atom is 0.329 e. The number of hydrogen-bond acceptors (Lipinski definition) is 4. The number of benzene rings is 1. The fourth-order valence-electron chi connectivity index (χ4n) is 2.25. The van der Waals surface area contributed by atoms with Gasteiger partial charge in [-0.25, -0.2) is 4.79 Å². The van der Waals surface area contributed by atoms with E-state index in [-0.39, 0.29) is 18.1 Å². The maximum atomic E-state index is 12.2. The molecule has 24 heavy (non-hydrogen) atoms. The number of imide groups is 1. The van der Waals surface area contributed by atoms with Gasteiger partial charge in [0, 0.05) is 6.54 Å². The van der Waals surface area contributed by atoms with Gasteiger partial charge >= 0.3 is 6.03 Å². The number of amides is 3. The average Bonchev–Trinajstić information content (AvgIpc) is 2.79. The summed E-state index contributed by atoms with van der Waals surface area (Å²) in [6, 6.07) is 3.11. The van der Waals surface area contributed by atoms with Crippen LogP contribution in [0.4, 0.5) is 4.79 Å². The maximum absolute atomic E-state index is 12.2. The highest BCUT2D eigenvalue weighted by atomic mass is 79.9. The van der Waals surface area contributed by atoms with E-state index in [0.29, 0.717) is 34.7 Å². The number of urea groups is 1. The third-order valence-electron chi connectivity index (χ3n) is 3.21. The van der Waals surface area contributed by atoms with Gasteiger partial charge in [0.2, 0.25) is 0 Å². The van der Waals surface area contributed by atoms with Gasteiger partial charge in [-0.15, -0.1) is 6.58 Å². The molecular weight excluding hydrogens is 376 g/mol. The van der Waals surface area contributed by atoms with Gasteiger partial charge < -0.3 is 14.8 Å². The van der Waals surface area contributed by atoms with Crippen molar-refractivity contribution < 1.29 is 19.1 Å². The smallest absolute Gasteiger partial charge is 0.329 e. The molecule has 1 saturated heterocycles. The molecule has 3 amide bonds. The van der Waals surface area contributed by atoms with Crippen LogP contribution in [0.3, 0.4) is 0 Å². The first-order valence-corrected chi connectivity index (χ1v) is 8.35. The van der Waals surface area contributed by atoms with Crippen molar-refractivity contribution in [1.29, 1.82) is 0 Å². The summed E-state index contributed by atoms with van der Waals surface area (Å²) in [6.45, 7) is 8.46. The molecule has 128 valence electrons. The highest BCUT2D eigenvalue weighted by molar-refractivity contribution is 9.10. The molecule has 1 aromatic rings. The Morgan fingerprint density at radius 1 is 1.25 bits per heavy atom. The summed E-state index contributed by atoms with van der Waals surface area (Å²) in [6.07, 6.45) is 3.10. The first-order chi connectivity index (χ1) is 11.5. The number of carbonyl (C=O) groups excluding carboxylic acids is 2. The lowest BCUT2D eigenvalue weighted by Gasteiger charge is -2.13. The summed E-state index contributed by atoms with van der Waals surface area (Å²) < 4.78 is 11.9. The molecule has 1 aliphatic rings. The SMILES string of the molecule is C=CCN1C(=O)N/C(=C/c2cc(Br)c(OCC)c(OCC)c2)C1=O. The molecule has 1 fully saturated rings. The van der Waals surface area contributed by atoms with Crippen molar-refractivity contribution >= 4 is 33.9 Å². The van der Waals surface area contributed by atoms with Gasteiger partial charge in [-0.2, -0.15) is 0 Å². The predicted molar refractivity (Wildman–Crippen MR) is 94.9 cm³/mol. The molecule has 0 unspecified atom stereocenters. The van der Waals surface area contributed by atoms with E-state index in [1.165, 1.54) is 6.08 Å². The van der Waals surface area contributed by atoms with Crippen LogP contribution in [0.15, 0.2) is 35.0 Å². The lowest BCUT2D eigenvalue weighted by Crippen LogP contribution is -2.30. The van der Waals surface area contributed by atoms with Crippen molar-refractivity contribution in [3.8, 4) is 11.5 Å². The second-order valence-electron chi connectivity index (χ2n) is 4.89. The standard InChI is InChI=1S/C17H19BrN2O4/c1-4-7-20-16(21)13(19-17(20)22)9-11-8-12(18)15(24-6-3)14(10-11)23-5-2/h4,8-10H,1,5-7H2,2-3H3,(H,19,22)/b13-9+. The van der Waals surface area contributed by atoms with Crippen LogP contribution < -0.4 is 14.8 Å². The van der Waals surface area contributed by atoms with Crippen LogP contribution in [0, 0.1) is 0 Å². The monoisotopic (exact) mass is 394 g/mol. The van der Waals surface area contributed by atoms with Crippen LogP contribution in [0.25, 0.3) is 6.08 Å². The van der Waals surface area contributed by atoms with Gasteiger partial charge in [0.1, 0.15) is 5.70 Å². The Labute approximate surface area is 149 Å². The topological polar surface area (TPSA) is 67.9 Å². The molecular formula is C17H19BrN2O4. The van der Waals surface area contributed by atoms with Gasteiger partial charge in [-0.3, -0.25) is 9.69 Å². The zero-order valence-electron chi connectivity index (χ0n) is 13.6. The van der Waals surface area contributed by atoms with E-state index in [1.807, 2.05) is 13.8 Å². The van der Waals surface area contributed by atoms with Crippen LogP contribution in [0.2, 0.25) is 0 Å². The van der Waals surface area contributed by atoms with Crippen LogP contribution in [0.1, 0.15) is 19.4 Å². The highest BCUT2D eigenvalue weighted by Crippen LogP contribution is 2.37. The van der Waals surface area contributed by atoms with Crippen molar-refractivity contribution in [2.45, 2.75) is 13.8 Å². The number of rotatable bonds is 7. The summed E-state index contributed by atoms with van der Waals surface area (Å²) in [5.41, 5.74) is 0.915. The Balaban J connectivity index is 2.37. The van der Waals surface area contributed by atoms with Crippen LogP contribution in [0.5, 0.6) is 11.5 Å². The summed E-state index contributed by atoms with van der Waals surface area (Å²) in [5.74, 6) is 0.791. The van der Waals surface area contributed by atoms with E-state index in [2.05, 4.69) is 27.8 Å². The quantitative estimate of drug-likeness (QED) is 0.437. The predicted octanol–water partition coefficient (Wildman–Crippen LogP) is 3.33. The number of hydrogen-bond donors (Lipinski definition) is 1. The zero-order chi connectivity index (χ0) is 17.7. The van der Waals surface area contributed by atoms with Crippen molar-refractivity contribution in [3.63, 3.8) is 0 Å². The minimum Gasteiger partial charge on any atom is -0.490 e. The number of carbonyl (C=O) groups is 2. The minimum absolute atomic E-state index is 0.166. The molecule has 1 heterocycles. The Morgan fingerprint density at radius 2 is 1.96 bits per heavy atom. The van der Waals surface area contributed by atoms with Gasteiger partial charge in [0.05, 0.1) is 17.7 Å². The van der Waals surface area contributed by atoms with Crippen LogP contribution in [-0.4, -0.2) is 36.6 Å². The molecule has 0 radical (unpaired) electrons. The lowest BCUT2D eigenvalue weighted by molar-refractivity contribution is -0.122. The summed E-state index contributed by atoms with van der Waals surface area (Å²) >= 11 is 3.45. The normalized spacial score (nSPS) is 15.6. The number of halogens is 1. The average molecular weight is 395 g/mol. The first-order valence-electron chi connectivity index (χ1n) is 7.56. The van der Waals surface area contributed by atoms with Crippen molar-refractivity contribution in [2.24, 2.45) is 0 Å². The Kier molecular flexibility index (Phi) is 6.03. The van der Waals surface area contributed by atoms with E-state index >= 15 is 0 Å². The second-order valence-corrected chi connectivity index (χ2v) is 5.74. The molecule has 7 heteroatoms. The summed E-state index contributed by atoms with van der Waals surface area (Å²) in [7, 11) is 0. The van der Waals surface area contributed by atoms with Crippen LogP contribution in [-0.2, 0) is 4.79 Å². The Bertz CT molecular complexity index is 700. The van der Waals surface area contributed by atoms with Crippen LogP contribution >= 0.6 is 15.9 Å². The first kappa shape index (κ1) is 18.1. The molecule has 0 atom stereocenters. The molecule has 0 bridgehead atoms. The second kappa shape index (κ2) is 8.01. The Morgan fingerprint density at radius 3 is 2.58 bits per heavy atom. The van der Waals surface area contributed by atoms with Crippen molar-refractivity contribution in [1.82, 2.24) is 10.2 Å². The largest absolute Gasteiger partial charge is 0.490 e. The van der Waals surface area contributed by atoms with E-state index in [9.17, 15) is 9.59 Å². The number of nitrogens with zero attached hydrogens (tertiary/aromatic N) is 1. The molecule has 2 rings (SSSR count). The molecule has 1 aromatic carbocycles. The molecule has 1 N–H and O–H groups in total. The summed E-state index contributed by atoms with van der Waals surface area (Å²) in [5, 5.41) is 2.56. The van der Waals surface area contributed by atoms with Gasteiger partial charge in [0.25, 0.3) is 5.91 Å². The van der Waals surface area contributed by atoms with Crippen molar-refractivity contribution in [2.75, 3.05) is 19.8 Å². The van der Waals surface area contributed by atoms with Gasteiger partial charge in [0.15, 0.2) is 11.5 Å². The van der Waals surface area contributed by atoms with E-state index in [4.69, 9.17) is 9.47 Å². The lowest BCUT2D eigenvalue weighted by atomic mass is 10.1. The van der Waals surface area contributed by atoms with Gasteiger partial charge in [-0.05, 0) is 53.5 Å². The van der Waals surface area contributed by atoms with E-state index in [1.54, 1.807) is 18.2 Å². The number of nitrogens with one attached hydrogen (secondary N) is 1. The number of ether oxygens (including phenoxy) is 2. The summed E-state index contributed by atoms with van der Waals surface area (Å²) in [4.78, 5) is 25.1. The minimum atomic E-state index is -0.457. The Hall–Kier alpha value is -2.28. The molecule has 0 aliphatic carbocycles. The fraction of sp³-hybridized carbons (Fsp3) is 0.294. The molecule has 0 aromatic heterocycles. The fourth-order valence-corrected chi connectivity index (χ4v) is 2.83. The molecule has 1 aliphatic heterocycles. The molecule has 0 saturated carbocycles. The third-order valence-corrected chi connectivity index (χ3v) is 3.79. The third kappa shape index (κ3) is 3.79. The molecule has 6 nitrogen and oxygen atoms in total. The van der Waals surface area contributed by atoms with Gasteiger partial charge in [-0.1, -0.05) is 6.08 Å². The van der Waals surface area contributed by atoms with E-state index < -0.39 is 6.03 Å². The van der Waals surface area contributed by atoms with E-state index in [0.717, 1.165) is 4.90 Å².